The lowest BCUT2D eigenvalue weighted by molar-refractivity contribution is -0.125. The van der Waals surface area contributed by atoms with E-state index in [4.69, 9.17) is 9.84 Å². The highest BCUT2D eigenvalue weighted by molar-refractivity contribution is 5.78. The second-order valence-corrected chi connectivity index (χ2v) is 4.25. The van der Waals surface area contributed by atoms with Crippen LogP contribution in [-0.4, -0.2) is 29.8 Å². The lowest BCUT2D eigenvalue weighted by Gasteiger charge is -2.31. The number of carbonyl (C=O) groups is 1. The molecular formula is C12H13F2NO3. The van der Waals surface area contributed by atoms with E-state index in [-0.39, 0.29) is 24.5 Å². The molecule has 2 N–H and O–H groups in total. The van der Waals surface area contributed by atoms with Crippen molar-refractivity contribution < 1.29 is 23.4 Å². The zero-order chi connectivity index (χ0) is 13.1. The van der Waals surface area contributed by atoms with Crippen molar-refractivity contribution in [2.45, 2.75) is 25.0 Å². The fourth-order valence-corrected chi connectivity index (χ4v) is 1.71. The predicted octanol–water partition coefficient (Wildman–Crippen LogP) is 0.983. The van der Waals surface area contributed by atoms with Gasteiger partial charge in [0.1, 0.15) is 5.82 Å². The second kappa shape index (κ2) is 5.30. The molecule has 1 saturated carbocycles. The minimum absolute atomic E-state index is 0.0471. The van der Waals surface area contributed by atoms with Gasteiger partial charge in [0, 0.05) is 12.1 Å². The maximum absolute atomic E-state index is 13.2. The molecule has 1 aliphatic rings. The van der Waals surface area contributed by atoms with E-state index < -0.39 is 17.5 Å². The molecule has 0 saturated heterocycles. The Balaban J connectivity index is 1.78. The smallest absolute Gasteiger partial charge is 0.258 e. The molecule has 1 aromatic rings. The van der Waals surface area contributed by atoms with Gasteiger partial charge in [0.25, 0.3) is 5.91 Å². The molecule has 0 aliphatic heterocycles. The monoisotopic (exact) mass is 257 g/mol. The van der Waals surface area contributed by atoms with Crippen LogP contribution < -0.4 is 10.1 Å². The van der Waals surface area contributed by atoms with Crippen molar-refractivity contribution in [2.24, 2.45) is 0 Å². The zero-order valence-corrected chi connectivity index (χ0v) is 9.53. The molecule has 0 heterocycles. The van der Waals surface area contributed by atoms with Crippen LogP contribution >= 0.6 is 0 Å². The number of hydrogen-bond donors (Lipinski definition) is 2. The Bertz CT molecular complexity index is 447. The molecule has 1 amide bonds. The van der Waals surface area contributed by atoms with Crippen molar-refractivity contribution in [2.75, 3.05) is 6.61 Å². The molecule has 1 fully saturated rings. The summed E-state index contributed by atoms with van der Waals surface area (Å²) in [4.78, 5) is 11.4. The Morgan fingerprint density at radius 1 is 1.44 bits per heavy atom. The Kier molecular flexibility index (Phi) is 3.76. The third kappa shape index (κ3) is 3.16. The molecule has 0 unspecified atom stereocenters. The Labute approximate surface area is 103 Å². The number of nitrogens with one attached hydrogen (secondary N) is 1. The average Bonchev–Trinajstić information content (AvgIpc) is 2.26. The van der Waals surface area contributed by atoms with E-state index >= 15 is 0 Å². The highest BCUT2D eigenvalue weighted by Gasteiger charge is 2.28. The predicted molar refractivity (Wildman–Crippen MR) is 59.0 cm³/mol. The topological polar surface area (TPSA) is 58.6 Å². The van der Waals surface area contributed by atoms with E-state index in [0.29, 0.717) is 18.9 Å². The number of halogens is 2. The van der Waals surface area contributed by atoms with E-state index in [1.54, 1.807) is 0 Å². The van der Waals surface area contributed by atoms with Crippen molar-refractivity contribution in [3.63, 3.8) is 0 Å². The van der Waals surface area contributed by atoms with Gasteiger partial charge >= 0.3 is 0 Å². The molecule has 6 heteroatoms. The fourth-order valence-electron chi connectivity index (χ4n) is 1.71. The first-order valence-electron chi connectivity index (χ1n) is 5.60. The minimum Gasteiger partial charge on any atom is -0.481 e. The van der Waals surface area contributed by atoms with Crippen molar-refractivity contribution in [1.82, 2.24) is 5.32 Å². The lowest BCUT2D eigenvalue weighted by Crippen LogP contribution is -2.48. The second-order valence-electron chi connectivity index (χ2n) is 4.25. The molecule has 0 aromatic heterocycles. The van der Waals surface area contributed by atoms with Crippen LogP contribution in [0.4, 0.5) is 8.78 Å². The van der Waals surface area contributed by atoms with E-state index in [9.17, 15) is 13.6 Å². The van der Waals surface area contributed by atoms with E-state index in [0.717, 1.165) is 12.1 Å². The lowest BCUT2D eigenvalue weighted by atomic mass is 9.89. The molecular weight excluding hydrogens is 244 g/mol. The molecule has 4 nitrogen and oxygen atoms in total. The number of aliphatic hydroxyl groups is 1. The number of ether oxygens (including phenoxy) is 1. The van der Waals surface area contributed by atoms with Gasteiger partial charge in [-0.25, -0.2) is 8.78 Å². The number of hydrogen-bond acceptors (Lipinski definition) is 3. The zero-order valence-electron chi connectivity index (χ0n) is 9.53. The van der Waals surface area contributed by atoms with Crippen LogP contribution in [0.25, 0.3) is 0 Å². The van der Waals surface area contributed by atoms with Crippen LogP contribution in [0.2, 0.25) is 0 Å². The summed E-state index contributed by atoms with van der Waals surface area (Å²) in [6, 6.07) is 2.83. The fraction of sp³-hybridized carbons (Fsp3) is 0.417. The summed E-state index contributed by atoms with van der Waals surface area (Å²) in [7, 11) is 0. The van der Waals surface area contributed by atoms with Crippen LogP contribution in [0, 0.1) is 11.6 Å². The van der Waals surface area contributed by atoms with Gasteiger partial charge in [-0.2, -0.15) is 0 Å². The summed E-state index contributed by atoms with van der Waals surface area (Å²) in [5.74, 6) is -2.11. The molecule has 1 aromatic carbocycles. The SMILES string of the molecule is O=C(COc1ccc(F)cc1F)NC1CC(O)C1. The number of carbonyl (C=O) groups excluding carboxylic acids is 1. The summed E-state index contributed by atoms with van der Waals surface area (Å²) in [6.45, 7) is -0.338. The molecule has 2 rings (SSSR count). The Morgan fingerprint density at radius 3 is 2.78 bits per heavy atom. The molecule has 0 spiro atoms. The Hall–Kier alpha value is -1.69. The summed E-state index contributed by atoms with van der Waals surface area (Å²) in [6.07, 6.45) is 0.693. The normalized spacial score (nSPS) is 22.2. The maximum Gasteiger partial charge on any atom is 0.258 e. The van der Waals surface area contributed by atoms with Crippen molar-refractivity contribution >= 4 is 5.91 Å². The summed E-state index contributed by atoms with van der Waals surface area (Å²) < 4.78 is 30.7. The highest BCUT2D eigenvalue weighted by atomic mass is 19.1. The van der Waals surface area contributed by atoms with Gasteiger partial charge in [0.15, 0.2) is 18.2 Å². The van der Waals surface area contributed by atoms with Crippen molar-refractivity contribution in [1.29, 1.82) is 0 Å². The van der Waals surface area contributed by atoms with Crippen LogP contribution in [0.3, 0.4) is 0 Å². The van der Waals surface area contributed by atoms with Gasteiger partial charge in [-0.15, -0.1) is 0 Å². The quantitative estimate of drug-likeness (QED) is 0.845. The Morgan fingerprint density at radius 2 is 2.17 bits per heavy atom. The first-order chi connectivity index (χ1) is 8.54. The minimum atomic E-state index is -0.845. The maximum atomic E-state index is 13.2. The third-order valence-corrected chi connectivity index (χ3v) is 2.73. The van der Waals surface area contributed by atoms with E-state index in [2.05, 4.69) is 5.32 Å². The number of rotatable bonds is 4. The first-order valence-corrected chi connectivity index (χ1v) is 5.60. The van der Waals surface area contributed by atoms with Gasteiger partial charge in [-0.3, -0.25) is 4.79 Å². The number of amides is 1. The van der Waals surface area contributed by atoms with Gasteiger partial charge in [-0.05, 0) is 25.0 Å². The summed E-state index contributed by atoms with van der Waals surface area (Å²) in [5.41, 5.74) is 0. The standard InChI is InChI=1S/C12H13F2NO3/c13-7-1-2-11(10(14)3-7)18-6-12(17)15-8-4-9(16)5-8/h1-3,8-9,16H,4-6H2,(H,15,17). The van der Waals surface area contributed by atoms with Crippen molar-refractivity contribution in [3.8, 4) is 5.75 Å². The van der Waals surface area contributed by atoms with Gasteiger partial charge in [-0.1, -0.05) is 0 Å². The van der Waals surface area contributed by atoms with Gasteiger partial charge < -0.3 is 15.2 Å². The van der Waals surface area contributed by atoms with Crippen LogP contribution in [0.15, 0.2) is 18.2 Å². The van der Waals surface area contributed by atoms with E-state index in [1.165, 1.54) is 0 Å². The first kappa shape index (κ1) is 12.8. The third-order valence-electron chi connectivity index (χ3n) is 2.73. The van der Waals surface area contributed by atoms with Gasteiger partial charge in [0.2, 0.25) is 0 Å². The van der Waals surface area contributed by atoms with Crippen LogP contribution in [-0.2, 0) is 4.79 Å². The summed E-state index contributed by atoms with van der Waals surface area (Å²) >= 11 is 0. The molecule has 0 atom stereocenters. The van der Waals surface area contributed by atoms with Gasteiger partial charge in [0.05, 0.1) is 6.10 Å². The molecule has 98 valence electrons. The van der Waals surface area contributed by atoms with Crippen LogP contribution in [0.5, 0.6) is 5.75 Å². The molecule has 1 aliphatic carbocycles. The highest BCUT2D eigenvalue weighted by Crippen LogP contribution is 2.20. The molecule has 0 radical (unpaired) electrons. The van der Waals surface area contributed by atoms with E-state index in [1.807, 2.05) is 0 Å². The number of benzene rings is 1. The summed E-state index contributed by atoms with van der Waals surface area (Å²) in [5, 5.41) is 11.7. The largest absolute Gasteiger partial charge is 0.481 e. The average molecular weight is 257 g/mol. The van der Waals surface area contributed by atoms with Crippen LogP contribution in [0.1, 0.15) is 12.8 Å². The number of aliphatic hydroxyl groups excluding tert-OH is 1. The van der Waals surface area contributed by atoms with Crippen molar-refractivity contribution in [3.05, 3.63) is 29.8 Å². The molecule has 0 bridgehead atoms. The molecule has 18 heavy (non-hydrogen) atoms.